The molecular weight excluding hydrogens is 539 g/mol. The van der Waals surface area contributed by atoms with Crippen LogP contribution in [0.25, 0.3) is 0 Å². The van der Waals surface area contributed by atoms with Crippen molar-refractivity contribution >= 4 is 23.4 Å². The molecule has 0 bridgehead atoms. The Morgan fingerprint density at radius 1 is 0.895 bits per heavy atom. The highest BCUT2D eigenvalue weighted by Gasteiger charge is 2.44. The topological polar surface area (TPSA) is 70.1 Å². The largest absolute Gasteiger partial charge is 0.467 e. The van der Waals surface area contributed by atoms with Crippen molar-refractivity contribution in [1.29, 1.82) is 0 Å². The molecule has 2 atom stereocenters. The van der Waals surface area contributed by atoms with Gasteiger partial charge >= 0.3 is 30.6 Å². The minimum Gasteiger partial charge on any atom is -0.467 e. The maximum Gasteiger partial charge on any atom is 0.416 e. The Bertz CT molecular complexity index is 1190. The molecule has 0 spiro atoms. The van der Waals surface area contributed by atoms with Gasteiger partial charge in [0.2, 0.25) is 0 Å². The number of rotatable bonds is 4. The average Bonchev–Trinajstić information content (AvgIpc) is 2.81. The van der Waals surface area contributed by atoms with Gasteiger partial charge in [0.15, 0.2) is 6.04 Å². The number of esters is 1. The Morgan fingerprint density at radius 3 is 1.84 bits per heavy atom. The van der Waals surface area contributed by atoms with Crippen molar-refractivity contribution in [3.63, 3.8) is 0 Å². The van der Waals surface area contributed by atoms with E-state index in [4.69, 9.17) is 0 Å². The molecule has 0 saturated heterocycles. The second-order valence-corrected chi connectivity index (χ2v) is 8.33. The van der Waals surface area contributed by atoms with Crippen LogP contribution in [0.3, 0.4) is 0 Å². The lowest BCUT2D eigenvalue weighted by Crippen LogP contribution is -2.53. The van der Waals surface area contributed by atoms with E-state index in [9.17, 15) is 54.2 Å². The number of hydrogen-bond donors (Lipinski definition) is 1. The zero-order chi connectivity index (χ0) is 28.8. The van der Waals surface area contributed by atoms with Crippen LogP contribution in [0.5, 0.6) is 0 Å². The van der Waals surface area contributed by atoms with E-state index in [0.717, 1.165) is 23.0 Å². The lowest BCUT2D eigenvalue weighted by molar-refractivity contribution is -0.145. The fraction of sp³-hybridized carbons (Fsp3) is 0.391. The summed E-state index contributed by atoms with van der Waals surface area (Å²) in [5.41, 5.74) is -6.55. The van der Waals surface area contributed by atoms with Gasteiger partial charge in [0.05, 0.1) is 41.2 Å². The van der Waals surface area contributed by atoms with Crippen molar-refractivity contribution in [1.82, 2.24) is 0 Å². The second kappa shape index (κ2) is 9.91. The number of carboxylic acid groups (broad SMARTS) is 1. The highest BCUT2D eigenvalue weighted by molar-refractivity contribution is 5.95. The summed E-state index contributed by atoms with van der Waals surface area (Å²) >= 11 is 0. The molecule has 6 nitrogen and oxygen atoms in total. The minimum atomic E-state index is -5.27. The SMILES string of the molecule is CCC1CN(C(C(=O)OC)c2cc(C(F)(F)F)cc(C(F)(F)F)c2)c2cc(C(F)(F)F)ccc2N1C(=O)O. The molecule has 2 unspecified atom stereocenters. The van der Waals surface area contributed by atoms with Crippen LogP contribution in [0, 0.1) is 0 Å². The van der Waals surface area contributed by atoms with Gasteiger partial charge in [-0.1, -0.05) is 6.92 Å². The number of halogens is 9. The Morgan fingerprint density at radius 2 is 1.42 bits per heavy atom. The highest BCUT2D eigenvalue weighted by atomic mass is 19.4. The van der Waals surface area contributed by atoms with Crippen molar-refractivity contribution in [3.05, 3.63) is 58.7 Å². The van der Waals surface area contributed by atoms with Gasteiger partial charge in [0.25, 0.3) is 0 Å². The van der Waals surface area contributed by atoms with Crippen molar-refractivity contribution in [2.75, 3.05) is 23.5 Å². The smallest absolute Gasteiger partial charge is 0.416 e. The van der Waals surface area contributed by atoms with Crippen molar-refractivity contribution < 1.29 is 58.9 Å². The molecule has 2 aromatic carbocycles. The van der Waals surface area contributed by atoms with E-state index in [0.29, 0.717) is 12.1 Å². The molecule has 1 N–H and O–H groups in total. The maximum atomic E-state index is 13.5. The molecule has 2 aromatic rings. The molecule has 1 heterocycles. The fourth-order valence-corrected chi connectivity index (χ4v) is 4.24. The summed E-state index contributed by atoms with van der Waals surface area (Å²) in [5, 5.41) is 9.71. The predicted octanol–water partition coefficient (Wildman–Crippen LogP) is 6.74. The number of carbonyl (C=O) groups is 2. The van der Waals surface area contributed by atoms with Crippen molar-refractivity contribution in [2.45, 2.75) is 44.0 Å². The first-order valence-electron chi connectivity index (χ1n) is 10.8. The Labute approximate surface area is 209 Å². The van der Waals surface area contributed by atoms with Gasteiger partial charge in [-0.25, -0.2) is 9.59 Å². The van der Waals surface area contributed by atoms with Crippen LogP contribution in [-0.2, 0) is 28.1 Å². The van der Waals surface area contributed by atoms with Gasteiger partial charge < -0.3 is 14.7 Å². The molecule has 208 valence electrons. The molecule has 0 aliphatic carbocycles. The third kappa shape index (κ3) is 5.60. The molecule has 3 rings (SSSR count). The first-order valence-corrected chi connectivity index (χ1v) is 10.8. The number of nitrogens with zero attached hydrogens (tertiary/aromatic N) is 2. The predicted molar refractivity (Wildman–Crippen MR) is 115 cm³/mol. The van der Waals surface area contributed by atoms with E-state index >= 15 is 0 Å². The van der Waals surface area contributed by atoms with Crippen molar-refractivity contribution in [2.24, 2.45) is 0 Å². The Kier molecular flexibility index (Phi) is 7.54. The minimum absolute atomic E-state index is 0.0353. The van der Waals surface area contributed by atoms with E-state index in [1.165, 1.54) is 6.92 Å². The van der Waals surface area contributed by atoms with Gasteiger partial charge in [0.1, 0.15) is 0 Å². The quantitative estimate of drug-likeness (QED) is 0.333. The molecule has 0 fully saturated rings. The third-order valence-electron chi connectivity index (χ3n) is 5.98. The summed E-state index contributed by atoms with van der Waals surface area (Å²) in [6.45, 7) is 0.960. The molecule has 0 aromatic heterocycles. The zero-order valence-electron chi connectivity index (χ0n) is 19.5. The molecular formula is C23H19F9N2O4. The summed E-state index contributed by atoms with van der Waals surface area (Å²) in [6.07, 6.45) is -17.0. The van der Waals surface area contributed by atoms with Crippen LogP contribution in [-0.4, -0.2) is 36.9 Å². The Balaban J connectivity index is 2.36. The first-order chi connectivity index (χ1) is 17.4. The van der Waals surface area contributed by atoms with Gasteiger partial charge in [-0.2, -0.15) is 39.5 Å². The molecule has 15 heteroatoms. The number of fused-ring (bicyclic) bond motifs is 1. The maximum absolute atomic E-state index is 13.5. The Hall–Kier alpha value is -3.65. The van der Waals surface area contributed by atoms with E-state index < -0.39 is 77.2 Å². The number of hydrogen-bond acceptors (Lipinski definition) is 4. The summed E-state index contributed by atoms with van der Waals surface area (Å²) in [4.78, 5) is 26.4. The van der Waals surface area contributed by atoms with E-state index in [1.807, 2.05) is 0 Å². The summed E-state index contributed by atoms with van der Waals surface area (Å²) < 4.78 is 126. The molecule has 0 saturated carbocycles. The molecule has 1 amide bonds. The first kappa shape index (κ1) is 28.9. The lowest BCUT2D eigenvalue weighted by atomic mass is 9.95. The number of benzene rings is 2. The third-order valence-corrected chi connectivity index (χ3v) is 5.98. The van der Waals surface area contributed by atoms with E-state index in [2.05, 4.69) is 4.74 Å². The number of amides is 1. The second-order valence-electron chi connectivity index (χ2n) is 8.33. The zero-order valence-corrected chi connectivity index (χ0v) is 19.5. The van der Waals surface area contributed by atoms with Gasteiger partial charge in [-0.15, -0.1) is 0 Å². The van der Waals surface area contributed by atoms with Crippen LogP contribution in [0.1, 0.15) is 41.6 Å². The van der Waals surface area contributed by atoms with Gasteiger partial charge in [0, 0.05) is 6.54 Å². The van der Waals surface area contributed by atoms with Crippen LogP contribution in [0.2, 0.25) is 0 Å². The van der Waals surface area contributed by atoms with E-state index in [-0.39, 0.29) is 30.3 Å². The fourth-order valence-electron chi connectivity index (χ4n) is 4.24. The monoisotopic (exact) mass is 558 g/mol. The average molecular weight is 558 g/mol. The molecule has 38 heavy (non-hydrogen) atoms. The lowest BCUT2D eigenvalue weighted by Gasteiger charge is -2.44. The molecule has 0 radical (unpaired) electrons. The van der Waals surface area contributed by atoms with Crippen molar-refractivity contribution in [3.8, 4) is 0 Å². The van der Waals surface area contributed by atoms with E-state index in [1.54, 1.807) is 0 Å². The molecule has 1 aliphatic heterocycles. The summed E-state index contributed by atoms with van der Waals surface area (Å²) in [6, 6.07) is -0.876. The standard InChI is InChI=1S/C23H19F9N2O4/c1-3-15-10-33(17-9-12(21(24,25)26)4-5-16(17)34(15)20(36)37)18(19(35)38-2)11-6-13(22(27,28)29)8-14(7-11)23(30,31)32/h4-9,15,18H,3,10H2,1-2H3,(H,36,37). The number of ether oxygens (including phenoxy) is 1. The van der Waals surface area contributed by atoms with Gasteiger partial charge in [-0.05, 0) is 48.4 Å². The summed E-state index contributed by atoms with van der Waals surface area (Å²) in [5.74, 6) is -1.38. The normalized spacial score (nSPS) is 17.2. The highest BCUT2D eigenvalue weighted by Crippen LogP contribution is 2.46. The van der Waals surface area contributed by atoms with Crippen LogP contribution < -0.4 is 9.80 Å². The number of alkyl halides is 9. The number of carbonyl (C=O) groups excluding carboxylic acids is 1. The van der Waals surface area contributed by atoms with Crippen LogP contribution in [0.4, 0.5) is 55.7 Å². The number of methoxy groups -OCH3 is 1. The van der Waals surface area contributed by atoms with Crippen LogP contribution in [0.15, 0.2) is 36.4 Å². The van der Waals surface area contributed by atoms with Crippen LogP contribution >= 0.6 is 0 Å². The summed E-state index contributed by atoms with van der Waals surface area (Å²) in [7, 11) is 0.797. The van der Waals surface area contributed by atoms with Gasteiger partial charge in [-0.3, -0.25) is 4.90 Å². The number of anilines is 2. The molecule has 1 aliphatic rings.